The van der Waals surface area contributed by atoms with Gasteiger partial charge in [-0.25, -0.2) is 25.9 Å². The molecule has 1 N–H and O–H groups in total. The third kappa shape index (κ3) is 5.35. The maximum absolute atomic E-state index is 12.0. The molecule has 0 radical (unpaired) electrons. The van der Waals surface area contributed by atoms with Crippen molar-refractivity contribution in [3.63, 3.8) is 0 Å². The van der Waals surface area contributed by atoms with Crippen molar-refractivity contribution in [1.29, 1.82) is 0 Å². The van der Waals surface area contributed by atoms with Gasteiger partial charge in [0.2, 0.25) is 20.0 Å². The van der Waals surface area contributed by atoms with Crippen molar-refractivity contribution < 1.29 is 16.8 Å². The molecule has 0 bridgehead atoms. The van der Waals surface area contributed by atoms with Gasteiger partial charge in [-0.1, -0.05) is 30.3 Å². The van der Waals surface area contributed by atoms with E-state index in [1.807, 2.05) is 18.2 Å². The molecular weight excluding hydrogens is 324 g/mol. The molecule has 0 unspecified atom stereocenters. The average Bonchev–Trinajstić information content (AvgIpc) is 2.45. The van der Waals surface area contributed by atoms with Gasteiger partial charge >= 0.3 is 0 Å². The molecule has 0 aromatic heterocycles. The van der Waals surface area contributed by atoms with Crippen LogP contribution in [0.2, 0.25) is 0 Å². The third-order valence-corrected chi connectivity index (χ3v) is 6.46. The lowest BCUT2D eigenvalue weighted by atomic mass is 9.99. The zero-order chi connectivity index (χ0) is 16.2. The van der Waals surface area contributed by atoms with Crippen LogP contribution < -0.4 is 4.72 Å². The number of nitrogens with zero attached hydrogens (tertiary/aromatic N) is 1. The van der Waals surface area contributed by atoms with E-state index >= 15 is 0 Å². The lowest BCUT2D eigenvalue weighted by Crippen LogP contribution is -2.41. The minimum absolute atomic E-state index is 0.0317. The Labute approximate surface area is 132 Å². The number of rotatable bonds is 6. The molecule has 8 heteroatoms. The average molecular weight is 346 g/mol. The molecule has 22 heavy (non-hydrogen) atoms. The highest BCUT2D eigenvalue weighted by atomic mass is 32.2. The van der Waals surface area contributed by atoms with Crippen LogP contribution in [-0.2, 0) is 25.8 Å². The lowest BCUT2D eigenvalue weighted by Gasteiger charge is -2.30. The van der Waals surface area contributed by atoms with Crippen LogP contribution in [0.15, 0.2) is 30.3 Å². The first-order chi connectivity index (χ1) is 10.3. The zero-order valence-corrected chi connectivity index (χ0v) is 14.2. The second-order valence-electron chi connectivity index (χ2n) is 5.70. The molecule has 0 aliphatic carbocycles. The quantitative estimate of drug-likeness (QED) is 0.825. The molecule has 0 atom stereocenters. The van der Waals surface area contributed by atoms with E-state index < -0.39 is 20.0 Å². The minimum atomic E-state index is -3.36. The van der Waals surface area contributed by atoms with Crippen molar-refractivity contribution in [1.82, 2.24) is 9.03 Å². The fourth-order valence-corrected chi connectivity index (χ4v) is 4.63. The van der Waals surface area contributed by atoms with E-state index in [0.29, 0.717) is 32.5 Å². The Morgan fingerprint density at radius 2 is 1.68 bits per heavy atom. The van der Waals surface area contributed by atoms with Gasteiger partial charge in [0.25, 0.3) is 0 Å². The van der Waals surface area contributed by atoms with Crippen molar-refractivity contribution in [2.24, 2.45) is 5.92 Å². The minimum Gasteiger partial charge on any atom is -0.215 e. The predicted octanol–water partition coefficient (Wildman–Crippen LogP) is 0.778. The third-order valence-electron chi connectivity index (χ3n) is 3.83. The molecular formula is C14H22N2O4S2. The summed E-state index contributed by atoms with van der Waals surface area (Å²) >= 11 is 0. The van der Waals surface area contributed by atoms with Gasteiger partial charge in [0.1, 0.15) is 0 Å². The van der Waals surface area contributed by atoms with E-state index in [1.165, 1.54) is 10.6 Å². The van der Waals surface area contributed by atoms with Crippen LogP contribution in [0.4, 0.5) is 0 Å². The van der Waals surface area contributed by atoms with Crippen LogP contribution in [0.1, 0.15) is 18.4 Å². The van der Waals surface area contributed by atoms with Crippen LogP contribution in [0.25, 0.3) is 0 Å². The van der Waals surface area contributed by atoms with E-state index in [0.717, 1.165) is 5.56 Å². The van der Waals surface area contributed by atoms with E-state index in [2.05, 4.69) is 4.72 Å². The second-order valence-corrected chi connectivity index (χ2v) is 9.49. The number of sulfonamides is 2. The predicted molar refractivity (Wildman–Crippen MR) is 86.2 cm³/mol. The van der Waals surface area contributed by atoms with Gasteiger partial charge < -0.3 is 0 Å². The van der Waals surface area contributed by atoms with Gasteiger partial charge in [-0.05, 0) is 24.3 Å². The van der Waals surface area contributed by atoms with Crippen LogP contribution >= 0.6 is 0 Å². The standard InChI is InChI=1S/C14H22N2O4S2/c1-21(17,18)16-9-7-13(8-10-16)11-15-22(19,20)12-14-5-3-2-4-6-14/h2-6,13,15H,7-12H2,1H3. The summed E-state index contributed by atoms with van der Waals surface area (Å²) in [6.07, 6.45) is 2.57. The lowest BCUT2D eigenvalue weighted by molar-refractivity contribution is 0.275. The highest BCUT2D eigenvalue weighted by molar-refractivity contribution is 7.88. The van der Waals surface area contributed by atoms with E-state index in [9.17, 15) is 16.8 Å². The number of benzene rings is 1. The highest BCUT2D eigenvalue weighted by Gasteiger charge is 2.25. The van der Waals surface area contributed by atoms with Crippen LogP contribution in [0.3, 0.4) is 0 Å². The van der Waals surface area contributed by atoms with Gasteiger partial charge in [0.15, 0.2) is 0 Å². The van der Waals surface area contributed by atoms with Gasteiger partial charge in [0, 0.05) is 19.6 Å². The Bertz CT molecular complexity index is 679. The van der Waals surface area contributed by atoms with E-state index in [-0.39, 0.29) is 11.7 Å². The SMILES string of the molecule is CS(=O)(=O)N1CCC(CNS(=O)(=O)Cc2ccccc2)CC1. The van der Waals surface area contributed by atoms with E-state index in [4.69, 9.17) is 0 Å². The molecule has 1 heterocycles. The molecule has 1 aromatic rings. The summed E-state index contributed by atoms with van der Waals surface area (Å²) in [5.41, 5.74) is 0.752. The molecule has 124 valence electrons. The first-order valence-electron chi connectivity index (χ1n) is 7.23. The van der Waals surface area contributed by atoms with Crippen LogP contribution in [0, 0.1) is 5.92 Å². The maximum Gasteiger partial charge on any atom is 0.215 e. The van der Waals surface area contributed by atoms with Gasteiger partial charge in [-0.3, -0.25) is 0 Å². The Morgan fingerprint density at radius 3 is 2.23 bits per heavy atom. The Hall–Kier alpha value is -0.960. The van der Waals surface area contributed by atoms with Crippen molar-refractivity contribution in [3.05, 3.63) is 35.9 Å². The second kappa shape index (κ2) is 7.08. The Morgan fingerprint density at radius 1 is 1.09 bits per heavy atom. The fraction of sp³-hybridized carbons (Fsp3) is 0.571. The van der Waals surface area contributed by atoms with Gasteiger partial charge in [-0.2, -0.15) is 0 Å². The number of piperidine rings is 1. The topological polar surface area (TPSA) is 83.6 Å². The maximum atomic E-state index is 12.0. The molecule has 1 aliphatic rings. The Balaban J connectivity index is 1.81. The number of nitrogens with one attached hydrogen (secondary N) is 1. The number of hydrogen-bond acceptors (Lipinski definition) is 4. The first kappa shape index (κ1) is 17.4. The molecule has 0 amide bonds. The van der Waals surface area contributed by atoms with Crippen molar-refractivity contribution in [3.8, 4) is 0 Å². The van der Waals surface area contributed by atoms with Crippen LogP contribution in [-0.4, -0.2) is 47.0 Å². The zero-order valence-electron chi connectivity index (χ0n) is 12.6. The summed E-state index contributed by atoms with van der Waals surface area (Å²) in [6.45, 7) is 1.29. The Kier molecular flexibility index (Phi) is 5.60. The largest absolute Gasteiger partial charge is 0.215 e. The molecule has 1 aliphatic heterocycles. The molecule has 6 nitrogen and oxygen atoms in total. The fourth-order valence-electron chi connectivity index (χ4n) is 2.53. The summed E-state index contributed by atoms with van der Waals surface area (Å²) in [5, 5.41) is 0. The molecule has 0 spiro atoms. The molecule has 1 saturated heterocycles. The number of hydrogen-bond donors (Lipinski definition) is 1. The van der Waals surface area contributed by atoms with Crippen molar-refractivity contribution >= 4 is 20.0 Å². The first-order valence-corrected chi connectivity index (χ1v) is 10.7. The monoisotopic (exact) mass is 346 g/mol. The van der Waals surface area contributed by atoms with Gasteiger partial charge in [0.05, 0.1) is 12.0 Å². The molecule has 0 saturated carbocycles. The van der Waals surface area contributed by atoms with E-state index in [1.54, 1.807) is 12.1 Å². The van der Waals surface area contributed by atoms with Crippen molar-refractivity contribution in [2.75, 3.05) is 25.9 Å². The summed E-state index contributed by atoms with van der Waals surface area (Å²) in [4.78, 5) is 0. The summed E-state index contributed by atoms with van der Waals surface area (Å²) in [6, 6.07) is 9.03. The normalized spacial score (nSPS) is 18.4. The molecule has 1 aromatic carbocycles. The summed E-state index contributed by atoms with van der Waals surface area (Å²) in [7, 11) is -6.50. The van der Waals surface area contributed by atoms with Crippen molar-refractivity contribution in [2.45, 2.75) is 18.6 Å². The molecule has 1 fully saturated rings. The molecule has 2 rings (SSSR count). The van der Waals surface area contributed by atoms with Crippen LogP contribution in [0.5, 0.6) is 0 Å². The van der Waals surface area contributed by atoms with Gasteiger partial charge in [-0.15, -0.1) is 0 Å². The highest BCUT2D eigenvalue weighted by Crippen LogP contribution is 2.18. The summed E-state index contributed by atoms with van der Waals surface area (Å²) < 4.78 is 51.0. The summed E-state index contributed by atoms with van der Waals surface area (Å²) in [5.74, 6) is 0.152. The smallest absolute Gasteiger partial charge is 0.215 e.